The van der Waals surface area contributed by atoms with Crippen LogP contribution in [0.3, 0.4) is 0 Å². The van der Waals surface area contributed by atoms with Gasteiger partial charge in [-0.25, -0.2) is 0 Å². The van der Waals surface area contributed by atoms with Gasteiger partial charge in [-0.3, -0.25) is 4.79 Å². The van der Waals surface area contributed by atoms with Gasteiger partial charge in [0.2, 0.25) is 0 Å². The van der Waals surface area contributed by atoms with Gasteiger partial charge < -0.3 is 19.3 Å². The number of hydrogen-bond donors (Lipinski definition) is 1. The monoisotopic (exact) mass is 417 g/mol. The Hall–Kier alpha value is -4.05. The van der Waals surface area contributed by atoms with Crippen LogP contribution in [0.2, 0.25) is 0 Å². The molecule has 7 heteroatoms. The van der Waals surface area contributed by atoms with Crippen LogP contribution in [0.5, 0.6) is 11.5 Å². The molecule has 7 nitrogen and oxygen atoms in total. The number of anilines is 1. The normalized spacial score (nSPS) is 11.0. The van der Waals surface area contributed by atoms with E-state index in [1.54, 1.807) is 31.2 Å². The van der Waals surface area contributed by atoms with Gasteiger partial charge in [-0.1, -0.05) is 41.1 Å². The molecule has 31 heavy (non-hydrogen) atoms. The van der Waals surface area contributed by atoms with E-state index in [9.17, 15) is 10.1 Å². The number of carbonyl (C=O) groups is 1. The summed E-state index contributed by atoms with van der Waals surface area (Å²) >= 11 is 0. The van der Waals surface area contributed by atoms with Gasteiger partial charge in [0, 0.05) is 6.07 Å². The molecule has 0 unspecified atom stereocenters. The summed E-state index contributed by atoms with van der Waals surface area (Å²) in [4.78, 5) is 12.4. The van der Waals surface area contributed by atoms with Gasteiger partial charge in [-0.15, -0.1) is 0 Å². The highest BCUT2D eigenvalue weighted by atomic mass is 16.5. The van der Waals surface area contributed by atoms with E-state index in [-0.39, 0.29) is 11.4 Å². The summed E-state index contributed by atoms with van der Waals surface area (Å²) in [6.07, 6.45) is 1.48. The van der Waals surface area contributed by atoms with Crippen molar-refractivity contribution in [1.29, 1.82) is 5.26 Å². The molecule has 3 aromatic rings. The first-order chi connectivity index (χ1) is 15.0. The first kappa shape index (κ1) is 21.7. The van der Waals surface area contributed by atoms with Gasteiger partial charge >= 0.3 is 0 Å². The molecule has 0 saturated carbocycles. The topological polar surface area (TPSA) is 97.4 Å². The lowest BCUT2D eigenvalue weighted by molar-refractivity contribution is -0.112. The Morgan fingerprint density at radius 2 is 1.90 bits per heavy atom. The van der Waals surface area contributed by atoms with Crippen LogP contribution in [-0.4, -0.2) is 17.7 Å². The third-order valence-corrected chi connectivity index (χ3v) is 4.33. The van der Waals surface area contributed by atoms with Crippen LogP contribution in [0.4, 0.5) is 5.82 Å². The van der Waals surface area contributed by atoms with Gasteiger partial charge in [-0.2, -0.15) is 5.26 Å². The SMILES string of the molecule is CCOc1cc(/C=C(/C#N)C(=O)Nc2cc(C)on2)ccc1OCc1ccc(C)cc1. The highest BCUT2D eigenvalue weighted by Crippen LogP contribution is 2.30. The molecule has 0 atom stereocenters. The van der Waals surface area contributed by atoms with E-state index in [1.165, 1.54) is 11.6 Å². The maximum Gasteiger partial charge on any atom is 0.267 e. The molecule has 0 fully saturated rings. The molecule has 1 N–H and O–H groups in total. The van der Waals surface area contributed by atoms with E-state index in [0.29, 0.717) is 36.0 Å². The zero-order chi connectivity index (χ0) is 22.2. The molecule has 0 radical (unpaired) electrons. The van der Waals surface area contributed by atoms with E-state index in [2.05, 4.69) is 10.5 Å². The average Bonchev–Trinajstić information content (AvgIpc) is 3.17. The molecule has 3 rings (SSSR count). The fourth-order valence-corrected chi connectivity index (χ4v) is 2.77. The van der Waals surface area contributed by atoms with Gasteiger partial charge in [0.15, 0.2) is 17.3 Å². The lowest BCUT2D eigenvalue weighted by atomic mass is 10.1. The standard InChI is InChI=1S/C24H23N3O4/c1-4-29-22-13-19(9-10-21(22)30-15-18-7-5-16(2)6-8-18)12-20(14-25)24(28)26-23-11-17(3)31-27-23/h5-13H,4,15H2,1-3H3,(H,26,27,28)/b20-12-. The quantitative estimate of drug-likeness (QED) is 0.417. The molecule has 0 aliphatic heterocycles. The van der Waals surface area contributed by atoms with Gasteiger partial charge in [0.05, 0.1) is 6.61 Å². The number of benzene rings is 2. The molecule has 1 amide bonds. The van der Waals surface area contributed by atoms with Crippen LogP contribution in [0.25, 0.3) is 6.08 Å². The maximum absolute atomic E-state index is 12.4. The Labute approximate surface area is 180 Å². The van der Waals surface area contributed by atoms with E-state index in [4.69, 9.17) is 14.0 Å². The van der Waals surface area contributed by atoms with E-state index < -0.39 is 5.91 Å². The number of nitriles is 1. The van der Waals surface area contributed by atoms with Crippen molar-refractivity contribution in [2.75, 3.05) is 11.9 Å². The third-order valence-electron chi connectivity index (χ3n) is 4.33. The highest BCUT2D eigenvalue weighted by Gasteiger charge is 2.13. The molecule has 158 valence electrons. The Bertz CT molecular complexity index is 1120. The highest BCUT2D eigenvalue weighted by molar-refractivity contribution is 6.09. The summed E-state index contributed by atoms with van der Waals surface area (Å²) in [5, 5.41) is 15.7. The number of aryl methyl sites for hydroxylation is 2. The zero-order valence-corrected chi connectivity index (χ0v) is 17.6. The molecule has 0 bridgehead atoms. The lowest BCUT2D eigenvalue weighted by Gasteiger charge is -2.13. The summed E-state index contributed by atoms with van der Waals surface area (Å²) in [6, 6.07) is 16.8. The Morgan fingerprint density at radius 1 is 1.13 bits per heavy atom. The number of nitrogens with one attached hydrogen (secondary N) is 1. The predicted octanol–water partition coefficient (Wildman–Crippen LogP) is 4.81. The smallest absolute Gasteiger partial charge is 0.267 e. The fraction of sp³-hybridized carbons (Fsp3) is 0.208. The molecule has 0 aliphatic carbocycles. The number of rotatable bonds is 8. The van der Waals surface area contributed by atoms with Gasteiger partial charge in [-0.05, 0) is 50.1 Å². The van der Waals surface area contributed by atoms with Crippen LogP contribution >= 0.6 is 0 Å². The van der Waals surface area contributed by atoms with Crippen molar-refractivity contribution in [3.63, 3.8) is 0 Å². The van der Waals surface area contributed by atoms with Gasteiger partial charge in [0.1, 0.15) is 24.0 Å². The fourth-order valence-electron chi connectivity index (χ4n) is 2.77. The van der Waals surface area contributed by atoms with Crippen molar-refractivity contribution in [3.8, 4) is 17.6 Å². The number of nitrogens with zero attached hydrogens (tertiary/aromatic N) is 2. The molecule has 0 aliphatic rings. The molecule has 1 aromatic heterocycles. The minimum absolute atomic E-state index is 0.0728. The summed E-state index contributed by atoms with van der Waals surface area (Å²) in [5.41, 5.74) is 2.79. The second-order valence-corrected chi connectivity index (χ2v) is 6.86. The minimum atomic E-state index is -0.576. The zero-order valence-electron chi connectivity index (χ0n) is 17.6. The van der Waals surface area contributed by atoms with Crippen LogP contribution < -0.4 is 14.8 Å². The van der Waals surface area contributed by atoms with Crippen molar-refractivity contribution in [1.82, 2.24) is 5.16 Å². The number of amides is 1. The van der Waals surface area contributed by atoms with Crippen LogP contribution in [-0.2, 0) is 11.4 Å². The number of aromatic nitrogens is 1. The molecule has 0 spiro atoms. The summed E-state index contributed by atoms with van der Waals surface area (Å²) < 4.78 is 16.5. The lowest BCUT2D eigenvalue weighted by Crippen LogP contribution is -2.13. The Kier molecular flexibility index (Phi) is 7.07. The first-order valence-electron chi connectivity index (χ1n) is 9.80. The molecule has 1 heterocycles. The summed E-state index contributed by atoms with van der Waals surface area (Å²) in [5.74, 6) is 1.35. The summed E-state index contributed by atoms with van der Waals surface area (Å²) in [6.45, 7) is 6.47. The van der Waals surface area contributed by atoms with Crippen molar-refractivity contribution < 1.29 is 18.8 Å². The van der Waals surface area contributed by atoms with Crippen molar-refractivity contribution >= 4 is 17.8 Å². The van der Waals surface area contributed by atoms with E-state index >= 15 is 0 Å². The second-order valence-electron chi connectivity index (χ2n) is 6.86. The van der Waals surface area contributed by atoms with Crippen LogP contribution in [0.15, 0.2) is 58.6 Å². The van der Waals surface area contributed by atoms with Gasteiger partial charge in [0.25, 0.3) is 5.91 Å². The largest absolute Gasteiger partial charge is 0.490 e. The number of ether oxygens (including phenoxy) is 2. The third kappa shape index (κ3) is 5.97. The minimum Gasteiger partial charge on any atom is -0.490 e. The first-order valence-corrected chi connectivity index (χ1v) is 9.80. The number of hydrogen-bond acceptors (Lipinski definition) is 6. The van der Waals surface area contributed by atoms with Crippen molar-refractivity contribution in [3.05, 3.63) is 76.6 Å². The number of carbonyl (C=O) groups excluding carboxylic acids is 1. The Morgan fingerprint density at radius 3 is 2.55 bits per heavy atom. The van der Waals surface area contributed by atoms with E-state index in [0.717, 1.165) is 5.56 Å². The second kappa shape index (κ2) is 10.1. The Balaban J connectivity index is 1.77. The average molecular weight is 417 g/mol. The maximum atomic E-state index is 12.4. The molecular weight excluding hydrogens is 394 g/mol. The van der Waals surface area contributed by atoms with Crippen molar-refractivity contribution in [2.24, 2.45) is 0 Å². The van der Waals surface area contributed by atoms with Crippen LogP contribution in [0, 0.1) is 25.2 Å². The predicted molar refractivity (Wildman–Crippen MR) is 117 cm³/mol. The molecule has 2 aromatic carbocycles. The molecular formula is C24H23N3O4. The van der Waals surface area contributed by atoms with E-state index in [1.807, 2.05) is 44.2 Å². The summed E-state index contributed by atoms with van der Waals surface area (Å²) in [7, 11) is 0. The molecule has 0 saturated heterocycles. The van der Waals surface area contributed by atoms with Crippen molar-refractivity contribution in [2.45, 2.75) is 27.4 Å². The van der Waals surface area contributed by atoms with Crippen LogP contribution in [0.1, 0.15) is 29.4 Å².